The van der Waals surface area contributed by atoms with Gasteiger partial charge in [0.2, 0.25) is 23.6 Å². The second-order valence-electron chi connectivity index (χ2n) is 7.58. The summed E-state index contributed by atoms with van der Waals surface area (Å²) in [5.74, 6) is -1.68. The van der Waals surface area contributed by atoms with E-state index in [9.17, 15) is 29.1 Å². The summed E-state index contributed by atoms with van der Waals surface area (Å²) < 4.78 is 10.4. The SMILES string of the molecule is O=C(CSC[CH]C(=O)N1CCOCC1)NCC(NC(=O)CSC[CH]C(=O)N1CCOCC1)C(=O)O. The molecule has 12 nitrogen and oxygen atoms in total. The van der Waals surface area contributed by atoms with Crippen molar-refractivity contribution in [3.05, 3.63) is 12.8 Å². The van der Waals surface area contributed by atoms with Gasteiger partial charge in [-0.2, -0.15) is 23.5 Å². The Hall–Kier alpha value is -2.03. The van der Waals surface area contributed by atoms with Crippen molar-refractivity contribution in [3.63, 3.8) is 0 Å². The van der Waals surface area contributed by atoms with Crippen molar-refractivity contribution in [2.45, 2.75) is 6.04 Å². The number of rotatable bonds is 14. The average Bonchev–Trinajstić information content (AvgIpc) is 2.87. The quantitative estimate of drug-likeness (QED) is 0.220. The molecule has 35 heavy (non-hydrogen) atoms. The van der Waals surface area contributed by atoms with E-state index in [1.165, 1.54) is 36.4 Å². The molecule has 2 radical (unpaired) electrons. The lowest BCUT2D eigenvalue weighted by Gasteiger charge is -2.26. The highest BCUT2D eigenvalue weighted by Crippen LogP contribution is 2.07. The number of nitrogens with zero attached hydrogens (tertiary/aromatic N) is 2. The Morgan fingerprint density at radius 2 is 1.26 bits per heavy atom. The topological polar surface area (TPSA) is 155 Å². The smallest absolute Gasteiger partial charge is 0.328 e. The van der Waals surface area contributed by atoms with E-state index in [1.54, 1.807) is 9.80 Å². The number of nitrogens with one attached hydrogen (secondary N) is 2. The van der Waals surface area contributed by atoms with Crippen molar-refractivity contribution in [2.75, 3.05) is 82.2 Å². The van der Waals surface area contributed by atoms with Gasteiger partial charge in [-0.3, -0.25) is 19.2 Å². The highest BCUT2D eigenvalue weighted by molar-refractivity contribution is 8.00. The van der Waals surface area contributed by atoms with Crippen LogP contribution < -0.4 is 10.6 Å². The van der Waals surface area contributed by atoms with Crippen molar-refractivity contribution in [3.8, 4) is 0 Å². The first-order chi connectivity index (χ1) is 16.9. The monoisotopic (exact) mass is 532 g/mol. The van der Waals surface area contributed by atoms with Gasteiger partial charge in [-0.25, -0.2) is 4.79 Å². The van der Waals surface area contributed by atoms with Crippen LogP contribution >= 0.6 is 23.5 Å². The normalized spacial score (nSPS) is 16.9. The molecule has 0 spiro atoms. The van der Waals surface area contributed by atoms with Crippen LogP contribution in [0.1, 0.15) is 0 Å². The molecule has 0 aliphatic carbocycles. The maximum Gasteiger partial charge on any atom is 0.328 e. The Labute approximate surface area is 213 Å². The average molecular weight is 533 g/mol. The van der Waals surface area contributed by atoms with Crippen LogP contribution in [0.5, 0.6) is 0 Å². The third kappa shape index (κ3) is 12.0. The van der Waals surface area contributed by atoms with Crippen LogP contribution in [-0.4, -0.2) is 133 Å². The van der Waals surface area contributed by atoms with E-state index in [-0.39, 0.29) is 29.9 Å². The zero-order valence-electron chi connectivity index (χ0n) is 19.4. The summed E-state index contributed by atoms with van der Waals surface area (Å²) in [6, 6.07) is -1.27. The molecule has 2 aliphatic rings. The molecule has 0 aromatic heterocycles. The zero-order valence-corrected chi connectivity index (χ0v) is 21.1. The fourth-order valence-corrected chi connectivity index (χ4v) is 4.41. The molecule has 2 heterocycles. The van der Waals surface area contributed by atoms with Gasteiger partial charge in [-0.15, -0.1) is 0 Å². The maximum atomic E-state index is 12.1. The number of hydrogen-bond donors (Lipinski definition) is 3. The lowest BCUT2D eigenvalue weighted by atomic mass is 10.3. The van der Waals surface area contributed by atoms with Gasteiger partial charge < -0.3 is 35.0 Å². The predicted molar refractivity (Wildman–Crippen MR) is 131 cm³/mol. The number of carbonyl (C=O) groups is 5. The van der Waals surface area contributed by atoms with Crippen LogP contribution in [-0.2, 0) is 33.4 Å². The van der Waals surface area contributed by atoms with Gasteiger partial charge in [0.15, 0.2) is 0 Å². The molecule has 196 valence electrons. The second kappa shape index (κ2) is 16.6. The van der Waals surface area contributed by atoms with E-state index in [0.29, 0.717) is 64.1 Å². The first kappa shape index (κ1) is 29.2. The number of carboxylic acid groups (broad SMARTS) is 1. The van der Waals surface area contributed by atoms with E-state index >= 15 is 0 Å². The van der Waals surface area contributed by atoms with Gasteiger partial charge in [-0.1, -0.05) is 0 Å². The Morgan fingerprint density at radius 3 is 1.71 bits per heavy atom. The van der Waals surface area contributed by atoms with Crippen molar-refractivity contribution in [1.29, 1.82) is 0 Å². The van der Waals surface area contributed by atoms with Crippen LogP contribution in [0.2, 0.25) is 0 Å². The van der Waals surface area contributed by atoms with Crippen molar-refractivity contribution >= 4 is 53.1 Å². The maximum absolute atomic E-state index is 12.1. The Morgan fingerprint density at radius 1 is 0.800 bits per heavy atom. The molecule has 0 bridgehead atoms. The molecule has 2 saturated heterocycles. The van der Waals surface area contributed by atoms with Crippen LogP contribution in [0.4, 0.5) is 0 Å². The Kier molecular flexibility index (Phi) is 13.9. The van der Waals surface area contributed by atoms with E-state index in [1.807, 2.05) is 0 Å². The highest BCUT2D eigenvalue weighted by atomic mass is 32.2. The third-order valence-corrected chi connectivity index (χ3v) is 6.74. The molecule has 0 aromatic rings. The fourth-order valence-electron chi connectivity index (χ4n) is 3.09. The van der Waals surface area contributed by atoms with Crippen LogP contribution in [0.15, 0.2) is 0 Å². The van der Waals surface area contributed by atoms with Crippen LogP contribution in [0, 0.1) is 12.8 Å². The number of ether oxygens (including phenoxy) is 2. The van der Waals surface area contributed by atoms with E-state index in [4.69, 9.17) is 9.47 Å². The number of carbonyl (C=O) groups excluding carboxylic acids is 4. The first-order valence-corrected chi connectivity index (χ1v) is 13.5. The molecule has 2 aliphatic heterocycles. The van der Waals surface area contributed by atoms with E-state index < -0.39 is 23.8 Å². The number of thioether (sulfide) groups is 2. The second-order valence-corrected chi connectivity index (χ2v) is 9.64. The third-order valence-electron chi connectivity index (χ3n) is 5.00. The number of hydrogen-bond acceptors (Lipinski definition) is 9. The molecule has 2 fully saturated rings. The van der Waals surface area contributed by atoms with Gasteiger partial charge >= 0.3 is 5.97 Å². The Balaban J connectivity index is 1.55. The minimum absolute atomic E-state index is 0.0204. The molecule has 1 unspecified atom stereocenters. The molecule has 2 rings (SSSR count). The zero-order chi connectivity index (χ0) is 25.5. The van der Waals surface area contributed by atoms with E-state index in [2.05, 4.69) is 10.6 Å². The lowest BCUT2D eigenvalue weighted by molar-refractivity contribution is -0.141. The molecular formula is C21H32N4O8S2. The van der Waals surface area contributed by atoms with Gasteiger partial charge in [-0.05, 0) is 0 Å². The van der Waals surface area contributed by atoms with Gasteiger partial charge in [0, 0.05) is 44.2 Å². The Bertz CT molecular complexity index is 730. The lowest BCUT2D eigenvalue weighted by Crippen LogP contribution is -2.49. The molecule has 14 heteroatoms. The molecule has 4 amide bonds. The summed E-state index contributed by atoms with van der Waals surface area (Å²) in [6.45, 7) is 3.96. The van der Waals surface area contributed by atoms with E-state index in [0.717, 1.165) is 0 Å². The number of carboxylic acids is 1. The summed E-state index contributed by atoms with van der Waals surface area (Å²) in [7, 11) is 0. The summed E-state index contributed by atoms with van der Waals surface area (Å²) in [4.78, 5) is 62.9. The standard InChI is InChI=1S/C21H32N4O8S2/c26-17(14-34-11-1-19(28)24-3-7-32-8-4-24)22-13-16(21(30)31)23-18(27)15-35-12-2-20(29)25-5-9-33-10-6-25/h1-2,16H,3-15H2,(H,22,26)(H,23,27)(H,30,31). The minimum atomic E-state index is -1.27. The van der Waals surface area contributed by atoms with Gasteiger partial charge in [0.05, 0.1) is 50.8 Å². The fraction of sp³-hybridized carbons (Fsp3) is 0.667. The predicted octanol–water partition coefficient (Wildman–Crippen LogP) is -1.74. The van der Waals surface area contributed by atoms with Crippen molar-refractivity contribution in [2.24, 2.45) is 0 Å². The molecule has 1 atom stereocenters. The number of amides is 4. The largest absolute Gasteiger partial charge is 0.480 e. The minimum Gasteiger partial charge on any atom is -0.480 e. The summed E-state index contributed by atoms with van der Waals surface area (Å²) in [6.07, 6.45) is 2.99. The van der Waals surface area contributed by atoms with Crippen LogP contribution in [0.3, 0.4) is 0 Å². The highest BCUT2D eigenvalue weighted by Gasteiger charge is 2.22. The summed E-state index contributed by atoms with van der Waals surface area (Å²) in [5, 5.41) is 14.2. The first-order valence-electron chi connectivity index (χ1n) is 11.2. The number of aliphatic carboxylic acids is 1. The van der Waals surface area contributed by atoms with Gasteiger partial charge in [0.1, 0.15) is 6.04 Å². The van der Waals surface area contributed by atoms with Gasteiger partial charge in [0.25, 0.3) is 0 Å². The van der Waals surface area contributed by atoms with Crippen LogP contribution in [0.25, 0.3) is 0 Å². The number of morpholine rings is 2. The van der Waals surface area contributed by atoms with Crippen molar-refractivity contribution < 1.29 is 38.6 Å². The molecule has 0 aromatic carbocycles. The molecule has 0 saturated carbocycles. The molecule has 3 N–H and O–H groups in total. The summed E-state index contributed by atoms with van der Waals surface area (Å²) >= 11 is 2.41. The summed E-state index contributed by atoms with van der Waals surface area (Å²) in [5.41, 5.74) is 0. The van der Waals surface area contributed by atoms with Crippen molar-refractivity contribution in [1.82, 2.24) is 20.4 Å². The molecular weight excluding hydrogens is 500 g/mol.